The fourth-order valence-electron chi connectivity index (χ4n) is 2.17. The first kappa shape index (κ1) is 14.6. The first-order chi connectivity index (χ1) is 9.58. The first-order valence-electron chi connectivity index (χ1n) is 6.58. The molecule has 104 valence electrons. The van der Waals surface area contributed by atoms with E-state index in [1.807, 2.05) is 42.5 Å². The van der Waals surface area contributed by atoms with Crippen LogP contribution in [0.2, 0.25) is 5.02 Å². The summed E-state index contributed by atoms with van der Waals surface area (Å²) < 4.78 is 0. The van der Waals surface area contributed by atoms with Crippen LogP contribution in [0.15, 0.2) is 54.6 Å². The van der Waals surface area contributed by atoms with Crippen molar-refractivity contribution in [2.75, 3.05) is 14.1 Å². The third-order valence-corrected chi connectivity index (χ3v) is 3.60. The lowest BCUT2D eigenvalue weighted by Crippen LogP contribution is -2.24. The first-order valence-corrected chi connectivity index (χ1v) is 6.96. The summed E-state index contributed by atoms with van der Waals surface area (Å²) in [6.45, 7) is 0. The molecule has 0 saturated heterocycles. The molecular weight excluding hydrogens is 270 g/mol. The minimum Gasteiger partial charge on any atom is -0.349 e. The Labute approximate surface area is 125 Å². The van der Waals surface area contributed by atoms with Crippen LogP contribution < -0.4 is 0 Å². The van der Waals surface area contributed by atoms with Gasteiger partial charge in [-0.3, -0.25) is 4.79 Å². The Hall–Kier alpha value is -1.80. The molecule has 3 heteroatoms. The summed E-state index contributed by atoms with van der Waals surface area (Å²) >= 11 is 5.94. The van der Waals surface area contributed by atoms with E-state index in [-0.39, 0.29) is 11.8 Å². The van der Waals surface area contributed by atoms with E-state index in [1.54, 1.807) is 19.0 Å². The largest absolute Gasteiger partial charge is 0.349 e. The molecule has 0 aliphatic carbocycles. The third kappa shape index (κ3) is 3.61. The van der Waals surface area contributed by atoms with Gasteiger partial charge in [-0.1, -0.05) is 54.1 Å². The number of hydrogen-bond donors (Lipinski definition) is 0. The maximum atomic E-state index is 12.1. The molecule has 0 heterocycles. The molecule has 2 rings (SSSR count). The smallest absolute Gasteiger partial charge is 0.223 e. The minimum absolute atomic E-state index is 0.0587. The second kappa shape index (κ2) is 6.58. The number of amides is 1. The Kier molecular flexibility index (Phi) is 4.80. The Morgan fingerprint density at radius 3 is 2.10 bits per heavy atom. The lowest BCUT2D eigenvalue weighted by molar-refractivity contribution is -0.128. The van der Waals surface area contributed by atoms with E-state index in [9.17, 15) is 4.79 Å². The Morgan fingerprint density at radius 1 is 1.00 bits per heavy atom. The maximum absolute atomic E-state index is 12.1. The van der Waals surface area contributed by atoms with Crippen molar-refractivity contribution in [1.82, 2.24) is 4.90 Å². The lowest BCUT2D eigenvalue weighted by atomic mass is 9.88. The highest BCUT2D eigenvalue weighted by Crippen LogP contribution is 2.29. The van der Waals surface area contributed by atoms with Crippen LogP contribution in [0.25, 0.3) is 0 Å². The van der Waals surface area contributed by atoms with Gasteiger partial charge in [0.25, 0.3) is 0 Å². The van der Waals surface area contributed by atoms with E-state index in [1.165, 1.54) is 0 Å². The molecule has 0 fully saturated rings. The van der Waals surface area contributed by atoms with E-state index >= 15 is 0 Å². The number of hydrogen-bond acceptors (Lipinski definition) is 1. The molecule has 0 aromatic heterocycles. The van der Waals surface area contributed by atoms with Gasteiger partial charge in [0.15, 0.2) is 0 Å². The molecule has 1 amide bonds. The second-order valence-corrected chi connectivity index (χ2v) is 5.44. The van der Waals surface area contributed by atoms with Crippen LogP contribution in [-0.2, 0) is 4.79 Å². The minimum atomic E-state index is 0.0587. The van der Waals surface area contributed by atoms with Crippen molar-refractivity contribution in [1.29, 1.82) is 0 Å². The highest BCUT2D eigenvalue weighted by molar-refractivity contribution is 6.30. The zero-order valence-electron chi connectivity index (χ0n) is 11.7. The van der Waals surface area contributed by atoms with Gasteiger partial charge in [-0.15, -0.1) is 0 Å². The Morgan fingerprint density at radius 2 is 1.55 bits per heavy atom. The van der Waals surface area contributed by atoms with Crippen molar-refractivity contribution in [3.63, 3.8) is 0 Å². The molecule has 2 nitrogen and oxygen atoms in total. The SMILES string of the molecule is CN(C)C(=O)CC(c1ccccc1)c1ccc(Cl)cc1. The van der Waals surface area contributed by atoms with Gasteiger partial charge in [0.2, 0.25) is 5.91 Å². The molecule has 2 aromatic rings. The highest BCUT2D eigenvalue weighted by atomic mass is 35.5. The van der Waals surface area contributed by atoms with Crippen LogP contribution in [0.5, 0.6) is 0 Å². The summed E-state index contributed by atoms with van der Waals surface area (Å²) in [5.41, 5.74) is 2.25. The third-order valence-electron chi connectivity index (χ3n) is 3.35. The highest BCUT2D eigenvalue weighted by Gasteiger charge is 2.19. The molecule has 0 aliphatic heterocycles. The summed E-state index contributed by atoms with van der Waals surface area (Å²) in [7, 11) is 3.57. The monoisotopic (exact) mass is 287 g/mol. The van der Waals surface area contributed by atoms with Crippen LogP contribution >= 0.6 is 11.6 Å². The van der Waals surface area contributed by atoms with Gasteiger partial charge in [0, 0.05) is 31.5 Å². The Balaban J connectivity index is 2.34. The number of halogens is 1. The fraction of sp³-hybridized carbons (Fsp3) is 0.235. The van der Waals surface area contributed by atoms with Crippen molar-refractivity contribution in [3.8, 4) is 0 Å². The van der Waals surface area contributed by atoms with E-state index in [0.29, 0.717) is 11.4 Å². The van der Waals surface area contributed by atoms with Crippen molar-refractivity contribution in [2.24, 2.45) is 0 Å². The van der Waals surface area contributed by atoms with E-state index in [2.05, 4.69) is 12.1 Å². The van der Waals surface area contributed by atoms with Crippen molar-refractivity contribution >= 4 is 17.5 Å². The molecule has 0 bridgehead atoms. The zero-order valence-corrected chi connectivity index (χ0v) is 12.5. The molecule has 2 aromatic carbocycles. The molecule has 0 saturated carbocycles. The van der Waals surface area contributed by atoms with Gasteiger partial charge in [0.1, 0.15) is 0 Å². The summed E-state index contributed by atoms with van der Waals surface area (Å²) in [6.07, 6.45) is 0.457. The summed E-state index contributed by atoms with van der Waals surface area (Å²) in [5.74, 6) is 0.178. The normalized spacial score (nSPS) is 11.9. The van der Waals surface area contributed by atoms with Gasteiger partial charge in [-0.05, 0) is 23.3 Å². The molecule has 0 spiro atoms. The molecule has 0 aliphatic rings. The standard InChI is InChI=1S/C17H18ClNO/c1-19(2)17(20)12-16(13-6-4-3-5-7-13)14-8-10-15(18)11-9-14/h3-11,16H,12H2,1-2H3. The van der Waals surface area contributed by atoms with Crippen molar-refractivity contribution in [2.45, 2.75) is 12.3 Å². The predicted octanol–water partition coefficient (Wildman–Crippen LogP) is 3.95. The maximum Gasteiger partial charge on any atom is 0.223 e. The molecule has 0 N–H and O–H groups in total. The van der Waals surface area contributed by atoms with Crippen LogP contribution in [0, 0.1) is 0 Å². The average Bonchev–Trinajstić information content (AvgIpc) is 2.46. The zero-order chi connectivity index (χ0) is 14.5. The van der Waals surface area contributed by atoms with E-state index in [4.69, 9.17) is 11.6 Å². The van der Waals surface area contributed by atoms with Crippen molar-refractivity contribution in [3.05, 3.63) is 70.7 Å². The summed E-state index contributed by atoms with van der Waals surface area (Å²) in [4.78, 5) is 13.7. The number of carbonyl (C=O) groups is 1. The van der Waals surface area contributed by atoms with Gasteiger partial charge in [0.05, 0.1) is 0 Å². The van der Waals surface area contributed by atoms with Crippen LogP contribution in [-0.4, -0.2) is 24.9 Å². The number of benzene rings is 2. The van der Waals surface area contributed by atoms with Gasteiger partial charge in [-0.2, -0.15) is 0 Å². The van der Waals surface area contributed by atoms with E-state index in [0.717, 1.165) is 11.1 Å². The number of nitrogens with zero attached hydrogens (tertiary/aromatic N) is 1. The molecule has 0 radical (unpaired) electrons. The van der Waals surface area contributed by atoms with Crippen LogP contribution in [0.1, 0.15) is 23.5 Å². The quantitative estimate of drug-likeness (QED) is 0.834. The molecule has 20 heavy (non-hydrogen) atoms. The lowest BCUT2D eigenvalue weighted by Gasteiger charge is -2.20. The van der Waals surface area contributed by atoms with Crippen LogP contribution in [0.3, 0.4) is 0 Å². The van der Waals surface area contributed by atoms with Gasteiger partial charge >= 0.3 is 0 Å². The summed E-state index contributed by atoms with van der Waals surface area (Å²) in [5, 5.41) is 0.708. The molecular formula is C17H18ClNO. The second-order valence-electron chi connectivity index (χ2n) is 5.01. The number of rotatable bonds is 4. The fourth-order valence-corrected chi connectivity index (χ4v) is 2.29. The van der Waals surface area contributed by atoms with Gasteiger partial charge < -0.3 is 4.90 Å². The molecule has 1 unspecified atom stereocenters. The number of carbonyl (C=O) groups excluding carboxylic acids is 1. The van der Waals surface area contributed by atoms with E-state index < -0.39 is 0 Å². The van der Waals surface area contributed by atoms with Crippen molar-refractivity contribution < 1.29 is 4.79 Å². The topological polar surface area (TPSA) is 20.3 Å². The summed E-state index contributed by atoms with van der Waals surface area (Å²) in [6, 6.07) is 17.8. The van der Waals surface area contributed by atoms with Crippen LogP contribution in [0.4, 0.5) is 0 Å². The van der Waals surface area contributed by atoms with Gasteiger partial charge in [-0.25, -0.2) is 0 Å². The molecule has 1 atom stereocenters. The predicted molar refractivity (Wildman–Crippen MR) is 83.0 cm³/mol. The average molecular weight is 288 g/mol. The Bertz CT molecular complexity index is 563.